The zero-order chi connectivity index (χ0) is 19.1. The third-order valence-electron chi connectivity index (χ3n) is 5.57. The molecule has 2 N–H and O–H groups in total. The van der Waals surface area contributed by atoms with Crippen molar-refractivity contribution in [2.75, 3.05) is 25.0 Å². The number of likely N-dealkylation sites (tertiary alicyclic amines) is 1. The molecular weight excluding hydrogens is 336 g/mol. The molecule has 3 rings (SSSR count). The van der Waals surface area contributed by atoms with Crippen LogP contribution < -0.4 is 15.0 Å². The summed E-state index contributed by atoms with van der Waals surface area (Å²) in [6.07, 6.45) is 3.51. The van der Waals surface area contributed by atoms with Gasteiger partial charge in [0.1, 0.15) is 5.75 Å². The highest BCUT2D eigenvalue weighted by Gasteiger charge is 2.30. The number of para-hydroxylation sites is 2. The fraction of sp³-hybridized carbons (Fsp3) is 0.435. The number of hydrogen-bond donors (Lipinski definition) is 2. The van der Waals surface area contributed by atoms with Gasteiger partial charge in [-0.3, -0.25) is 4.79 Å². The van der Waals surface area contributed by atoms with E-state index in [1.165, 1.54) is 23.3 Å². The number of benzene rings is 2. The summed E-state index contributed by atoms with van der Waals surface area (Å²) in [5.41, 5.74) is 2.18. The van der Waals surface area contributed by atoms with Crippen LogP contribution in [0.5, 0.6) is 5.75 Å². The molecule has 27 heavy (non-hydrogen) atoms. The average molecular weight is 368 g/mol. The van der Waals surface area contributed by atoms with Crippen molar-refractivity contribution >= 4 is 11.6 Å². The second-order valence-electron chi connectivity index (χ2n) is 7.43. The average Bonchev–Trinajstić information content (AvgIpc) is 2.70. The van der Waals surface area contributed by atoms with Crippen LogP contribution in [0.4, 0.5) is 5.69 Å². The van der Waals surface area contributed by atoms with Crippen molar-refractivity contribution in [2.24, 2.45) is 5.92 Å². The first kappa shape index (κ1) is 19.4. The molecular formula is C23H31N2O2+. The topological polar surface area (TPSA) is 42.8 Å². The zero-order valence-corrected chi connectivity index (χ0v) is 16.4. The Hall–Kier alpha value is -2.33. The lowest BCUT2D eigenvalue weighted by atomic mass is 9.89. The molecule has 4 heteroatoms. The Labute approximate surface area is 162 Å². The van der Waals surface area contributed by atoms with E-state index in [0.29, 0.717) is 6.61 Å². The van der Waals surface area contributed by atoms with E-state index >= 15 is 0 Å². The molecule has 0 radical (unpaired) electrons. The van der Waals surface area contributed by atoms with Crippen LogP contribution in [0.1, 0.15) is 32.3 Å². The van der Waals surface area contributed by atoms with E-state index in [-0.39, 0.29) is 11.9 Å². The van der Waals surface area contributed by atoms with Gasteiger partial charge in [0.2, 0.25) is 0 Å². The normalized spacial score (nSPS) is 20.7. The second-order valence-corrected chi connectivity index (χ2v) is 7.43. The number of carbonyl (C=O) groups is 1. The molecule has 1 saturated heterocycles. The molecule has 1 heterocycles. The first-order valence-electron chi connectivity index (χ1n) is 10.1. The lowest BCUT2D eigenvalue weighted by molar-refractivity contribution is -0.919. The van der Waals surface area contributed by atoms with E-state index in [4.69, 9.17) is 4.74 Å². The van der Waals surface area contributed by atoms with Crippen molar-refractivity contribution in [2.45, 2.75) is 39.2 Å². The predicted molar refractivity (Wildman–Crippen MR) is 109 cm³/mol. The molecule has 144 valence electrons. The van der Waals surface area contributed by atoms with Gasteiger partial charge in [-0.1, -0.05) is 42.5 Å². The van der Waals surface area contributed by atoms with E-state index in [0.717, 1.165) is 36.9 Å². The molecule has 4 nitrogen and oxygen atoms in total. The van der Waals surface area contributed by atoms with Crippen molar-refractivity contribution in [3.8, 4) is 5.75 Å². The van der Waals surface area contributed by atoms with Gasteiger partial charge in [-0.05, 0) is 56.7 Å². The van der Waals surface area contributed by atoms with Crippen LogP contribution in [0.3, 0.4) is 0 Å². The Kier molecular flexibility index (Phi) is 6.88. The molecule has 0 spiro atoms. The number of quaternary nitrogens is 1. The van der Waals surface area contributed by atoms with E-state index in [1.54, 1.807) is 0 Å². The van der Waals surface area contributed by atoms with Gasteiger partial charge >= 0.3 is 0 Å². The maximum absolute atomic E-state index is 12.8. The van der Waals surface area contributed by atoms with Crippen molar-refractivity contribution < 1.29 is 14.4 Å². The number of ether oxygens (including phenoxy) is 1. The lowest BCUT2D eigenvalue weighted by Crippen LogP contribution is -3.17. The first-order chi connectivity index (χ1) is 13.2. The van der Waals surface area contributed by atoms with Crippen LogP contribution in [0.15, 0.2) is 54.6 Å². The minimum atomic E-state index is -0.0580. The number of amides is 1. The number of carbonyl (C=O) groups excluding carboxylic acids is 1. The van der Waals surface area contributed by atoms with Crippen molar-refractivity contribution in [1.82, 2.24) is 0 Å². The number of hydrogen-bond acceptors (Lipinski definition) is 2. The maximum Gasteiger partial charge on any atom is 0.282 e. The Bertz CT molecular complexity index is 724. The molecule has 0 aliphatic carbocycles. The fourth-order valence-corrected chi connectivity index (χ4v) is 3.91. The second kappa shape index (κ2) is 9.56. The minimum absolute atomic E-state index is 0.0580. The van der Waals surface area contributed by atoms with Gasteiger partial charge in [-0.25, -0.2) is 0 Å². The standard InChI is InChI=1S/C23H30N2O2/c1-3-27-22-12-8-7-11-21(22)24-23(26)18(2)25-15-13-20(14-16-25)17-19-9-5-4-6-10-19/h4-12,18,20H,3,13-17H2,1-2H3,(H,24,26)/p+1/t18-/m1/s1. The number of piperidine rings is 1. The summed E-state index contributed by atoms with van der Waals surface area (Å²) in [7, 11) is 0. The monoisotopic (exact) mass is 367 g/mol. The summed E-state index contributed by atoms with van der Waals surface area (Å²) in [6, 6.07) is 18.3. The molecule has 1 aliphatic heterocycles. The van der Waals surface area contributed by atoms with Crippen LogP contribution in [0.2, 0.25) is 0 Å². The summed E-state index contributed by atoms with van der Waals surface area (Å²) in [6.45, 7) is 6.68. The van der Waals surface area contributed by atoms with E-state index in [9.17, 15) is 4.79 Å². The fourth-order valence-electron chi connectivity index (χ4n) is 3.91. The Morgan fingerprint density at radius 1 is 1.11 bits per heavy atom. The van der Waals surface area contributed by atoms with Crippen LogP contribution in [0.25, 0.3) is 0 Å². The summed E-state index contributed by atoms with van der Waals surface area (Å²) in [4.78, 5) is 14.1. The number of nitrogens with one attached hydrogen (secondary N) is 2. The third kappa shape index (κ3) is 5.33. The minimum Gasteiger partial charge on any atom is -0.492 e. The summed E-state index contributed by atoms with van der Waals surface area (Å²) in [5, 5.41) is 3.06. The molecule has 0 saturated carbocycles. The Morgan fingerprint density at radius 3 is 2.48 bits per heavy atom. The molecule has 1 amide bonds. The zero-order valence-electron chi connectivity index (χ0n) is 16.4. The summed E-state index contributed by atoms with van der Waals surface area (Å²) in [5.74, 6) is 1.53. The SMILES string of the molecule is CCOc1ccccc1NC(=O)[C@@H](C)[NH+]1CCC(Cc2ccccc2)CC1. The van der Waals surface area contributed by atoms with E-state index < -0.39 is 0 Å². The maximum atomic E-state index is 12.8. The number of anilines is 1. The van der Waals surface area contributed by atoms with Gasteiger partial charge in [0.05, 0.1) is 25.4 Å². The van der Waals surface area contributed by atoms with Crippen LogP contribution in [-0.4, -0.2) is 31.6 Å². The van der Waals surface area contributed by atoms with Crippen molar-refractivity contribution in [3.63, 3.8) is 0 Å². The molecule has 2 aromatic rings. The first-order valence-corrected chi connectivity index (χ1v) is 10.1. The highest BCUT2D eigenvalue weighted by Crippen LogP contribution is 2.23. The van der Waals surface area contributed by atoms with Crippen LogP contribution in [-0.2, 0) is 11.2 Å². The smallest absolute Gasteiger partial charge is 0.282 e. The van der Waals surface area contributed by atoms with Gasteiger partial charge in [-0.15, -0.1) is 0 Å². The van der Waals surface area contributed by atoms with Gasteiger partial charge in [0.15, 0.2) is 6.04 Å². The third-order valence-corrected chi connectivity index (χ3v) is 5.57. The molecule has 1 aliphatic rings. The quantitative estimate of drug-likeness (QED) is 0.790. The Morgan fingerprint density at radius 2 is 1.78 bits per heavy atom. The molecule has 1 fully saturated rings. The van der Waals surface area contributed by atoms with Gasteiger partial charge in [0.25, 0.3) is 5.91 Å². The van der Waals surface area contributed by atoms with Crippen molar-refractivity contribution in [3.05, 3.63) is 60.2 Å². The molecule has 0 unspecified atom stereocenters. The van der Waals surface area contributed by atoms with Crippen molar-refractivity contribution in [1.29, 1.82) is 0 Å². The molecule has 2 aromatic carbocycles. The summed E-state index contributed by atoms with van der Waals surface area (Å²) >= 11 is 0. The van der Waals surface area contributed by atoms with Crippen LogP contribution in [0, 0.1) is 5.92 Å². The largest absolute Gasteiger partial charge is 0.492 e. The van der Waals surface area contributed by atoms with Gasteiger partial charge in [-0.2, -0.15) is 0 Å². The predicted octanol–water partition coefficient (Wildman–Crippen LogP) is 2.95. The highest BCUT2D eigenvalue weighted by molar-refractivity contribution is 5.94. The Balaban J connectivity index is 1.51. The van der Waals surface area contributed by atoms with Gasteiger partial charge < -0.3 is 15.0 Å². The molecule has 0 aromatic heterocycles. The summed E-state index contributed by atoms with van der Waals surface area (Å²) < 4.78 is 5.61. The molecule has 1 atom stereocenters. The molecule has 0 bridgehead atoms. The van der Waals surface area contributed by atoms with Gasteiger partial charge in [0, 0.05) is 0 Å². The highest BCUT2D eigenvalue weighted by atomic mass is 16.5. The van der Waals surface area contributed by atoms with E-state index in [2.05, 4.69) is 35.6 Å². The van der Waals surface area contributed by atoms with E-state index in [1.807, 2.05) is 38.1 Å². The van der Waals surface area contributed by atoms with Crippen LogP contribution >= 0.6 is 0 Å². The lowest BCUT2D eigenvalue weighted by Gasteiger charge is -2.32. The number of rotatable bonds is 7.